The molecule has 132 valence electrons. The molecule has 0 amide bonds. The van der Waals surface area contributed by atoms with Gasteiger partial charge in [-0.05, 0) is 62.9 Å². The van der Waals surface area contributed by atoms with Crippen LogP contribution in [0.2, 0.25) is 0 Å². The average Bonchev–Trinajstić information content (AvgIpc) is 2.98. The molecule has 3 nitrogen and oxygen atoms in total. The second-order valence-electron chi connectivity index (χ2n) is 7.94. The van der Waals surface area contributed by atoms with Crippen molar-refractivity contribution in [3.8, 4) is 0 Å². The van der Waals surface area contributed by atoms with Crippen LogP contribution in [0.15, 0.2) is 35.2 Å². The molecule has 0 N–H and O–H groups in total. The molecular weight excluding hydrogens is 294 g/mol. The van der Waals surface area contributed by atoms with Crippen LogP contribution in [0.25, 0.3) is 0 Å². The van der Waals surface area contributed by atoms with E-state index >= 15 is 0 Å². The van der Waals surface area contributed by atoms with Gasteiger partial charge in [0.1, 0.15) is 0 Å². The number of fused-ring (bicyclic) bond motifs is 4. The molecule has 0 saturated carbocycles. The Hall–Kier alpha value is -1.06. The first kappa shape index (κ1) is 16.4. The molecule has 0 aromatic rings. The summed E-state index contributed by atoms with van der Waals surface area (Å²) in [5.41, 5.74) is 4.79. The van der Waals surface area contributed by atoms with Crippen molar-refractivity contribution in [2.24, 2.45) is 0 Å². The first-order valence-electron chi connectivity index (χ1n) is 10.1. The van der Waals surface area contributed by atoms with Gasteiger partial charge in [-0.25, -0.2) is 0 Å². The lowest BCUT2D eigenvalue weighted by Gasteiger charge is -2.54. The van der Waals surface area contributed by atoms with Gasteiger partial charge < -0.3 is 4.90 Å². The number of hydrogen-bond donors (Lipinski definition) is 0. The third-order valence-corrected chi connectivity index (χ3v) is 6.56. The highest BCUT2D eigenvalue weighted by Crippen LogP contribution is 2.43. The van der Waals surface area contributed by atoms with Crippen molar-refractivity contribution in [1.29, 1.82) is 0 Å². The van der Waals surface area contributed by atoms with E-state index in [0.29, 0.717) is 18.1 Å². The highest BCUT2D eigenvalue weighted by molar-refractivity contribution is 5.40. The molecule has 0 radical (unpaired) electrons. The smallest absolute Gasteiger partial charge is 0.0548 e. The molecule has 24 heavy (non-hydrogen) atoms. The Morgan fingerprint density at radius 2 is 2.00 bits per heavy atom. The maximum Gasteiger partial charge on any atom is 0.0548 e. The van der Waals surface area contributed by atoms with Gasteiger partial charge in [-0.3, -0.25) is 9.80 Å². The summed E-state index contributed by atoms with van der Waals surface area (Å²) in [5.74, 6) is 0. The Bertz CT molecular complexity index is 574. The summed E-state index contributed by atoms with van der Waals surface area (Å²) in [7, 11) is 0. The minimum absolute atomic E-state index is 0.622. The van der Waals surface area contributed by atoms with E-state index in [2.05, 4.69) is 53.8 Å². The van der Waals surface area contributed by atoms with Crippen LogP contribution in [-0.2, 0) is 0 Å². The SMILES string of the molecule is CCCCN1CCN(CC)[C@@H]2C1C(C)=CN1C3=C(CCC=C3)C[C@@H]21. The van der Waals surface area contributed by atoms with Crippen LogP contribution in [-0.4, -0.2) is 59.0 Å². The fourth-order valence-electron chi connectivity index (χ4n) is 5.40. The standard InChI is InChI=1S/C21H33N3/c1-4-6-11-23-13-12-22(5-2)21-19-14-17-9-7-8-10-18(17)24(19)15-16(3)20(21)23/h8,10,15,19-21H,4-7,9,11-14H2,1-3H3/t19-,20?,21-/m0/s1. The Balaban J connectivity index is 1.66. The average molecular weight is 328 g/mol. The predicted molar refractivity (Wildman–Crippen MR) is 101 cm³/mol. The summed E-state index contributed by atoms with van der Waals surface area (Å²) < 4.78 is 0. The van der Waals surface area contributed by atoms with Crippen molar-refractivity contribution < 1.29 is 0 Å². The highest BCUT2D eigenvalue weighted by Gasteiger charge is 2.48. The van der Waals surface area contributed by atoms with Crippen molar-refractivity contribution in [2.75, 3.05) is 26.2 Å². The van der Waals surface area contributed by atoms with Crippen molar-refractivity contribution >= 4 is 0 Å². The molecule has 3 aliphatic heterocycles. The zero-order valence-electron chi connectivity index (χ0n) is 15.7. The largest absolute Gasteiger partial charge is 0.343 e. The number of allylic oxidation sites excluding steroid dienone is 2. The zero-order valence-corrected chi connectivity index (χ0v) is 15.7. The Morgan fingerprint density at radius 3 is 2.79 bits per heavy atom. The predicted octanol–water partition coefficient (Wildman–Crippen LogP) is 3.76. The van der Waals surface area contributed by atoms with Crippen LogP contribution in [0.5, 0.6) is 0 Å². The first-order chi connectivity index (χ1) is 11.7. The molecule has 0 spiro atoms. The fourth-order valence-corrected chi connectivity index (χ4v) is 5.40. The molecule has 0 bridgehead atoms. The van der Waals surface area contributed by atoms with Crippen LogP contribution in [0.3, 0.4) is 0 Å². The normalized spacial score (nSPS) is 33.4. The van der Waals surface area contributed by atoms with E-state index in [1.165, 1.54) is 64.0 Å². The molecule has 0 aromatic heterocycles. The van der Waals surface area contributed by atoms with E-state index in [1.807, 2.05) is 0 Å². The van der Waals surface area contributed by atoms with E-state index in [4.69, 9.17) is 0 Å². The molecule has 1 fully saturated rings. The first-order valence-corrected chi connectivity index (χ1v) is 10.1. The van der Waals surface area contributed by atoms with Crippen LogP contribution in [0.1, 0.15) is 52.9 Å². The quantitative estimate of drug-likeness (QED) is 0.778. The number of nitrogens with zero attached hydrogens (tertiary/aromatic N) is 3. The summed E-state index contributed by atoms with van der Waals surface area (Å²) in [4.78, 5) is 8.19. The van der Waals surface area contributed by atoms with Gasteiger partial charge in [-0.1, -0.05) is 26.3 Å². The Kier molecular flexibility index (Phi) is 4.57. The summed E-state index contributed by atoms with van der Waals surface area (Å²) in [6.45, 7) is 11.9. The minimum Gasteiger partial charge on any atom is -0.343 e. The van der Waals surface area contributed by atoms with Crippen molar-refractivity contribution in [3.63, 3.8) is 0 Å². The summed E-state index contributed by atoms with van der Waals surface area (Å²) in [6.07, 6.45) is 13.6. The monoisotopic (exact) mass is 327 g/mol. The van der Waals surface area contributed by atoms with Gasteiger partial charge in [0.05, 0.1) is 12.1 Å². The van der Waals surface area contributed by atoms with Gasteiger partial charge in [-0.15, -0.1) is 0 Å². The minimum atomic E-state index is 0.622. The second kappa shape index (κ2) is 6.68. The van der Waals surface area contributed by atoms with Crippen LogP contribution >= 0.6 is 0 Å². The van der Waals surface area contributed by atoms with E-state index in [1.54, 1.807) is 11.1 Å². The Labute approximate surface area is 147 Å². The van der Waals surface area contributed by atoms with Gasteiger partial charge in [0, 0.05) is 31.0 Å². The van der Waals surface area contributed by atoms with Gasteiger partial charge in [0.2, 0.25) is 0 Å². The lowest BCUT2D eigenvalue weighted by Crippen LogP contribution is -2.67. The molecule has 3 heterocycles. The van der Waals surface area contributed by atoms with E-state index < -0.39 is 0 Å². The van der Waals surface area contributed by atoms with Gasteiger partial charge >= 0.3 is 0 Å². The molecule has 4 rings (SSSR count). The topological polar surface area (TPSA) is 9.72 Å². The third-order valence-electron chi connectivity index (χ3n) is 6.56. The molecule has 1 saturated heterocycles. The van der Waals surface area contributed by atoms with Crippen molar-refractivity contribution in [2.45, 2.75) is 71.0 Å². The number of piperazine rings is 1. The van der Waals surface area contributed by atoms with Crippen LogP contribution in [0.4, 0.5) is 0 Å². The van der Waals surface area contributed by atoms with Gasteiger partial charge in [0.15, 0.2) is 0 Å². The summed E-state index contributed by atoms with van der Waals surface area (Å²) >= 11 is 0. The lowest BCUT2D eigenvalue weighted by molar-refractivity contribution is -0.00314. The molecular formula is C21H33N3. The summed E-state index contributed by atoms with van der Waals surface area (Å²) in [5, 5.41) is 0. The lowest BCUT2D eigenvalue weighted by atomic mass is 9.84. The van der Waals surface area contributed by atoms with E-state index in [0.717, 1.165) is 0 Å². The Morgan fingerprint density at radius 1 is 1.17 bits per heavy atom. The van der Waals surface area contributed by atoms with Crippen LogP contribution in [0, 0.1) is 0 Å². The molecule has 3 heteroatoms. The number of unbranched alkanes of at least 4 members (excludes halogenated alkanes) is 1. The molecule has 0 aromatic carbocycles. The maximum absolute atomic E-state index is 2.79. The number of hydrogen-bond acceptors (Lipinski definition) is 3. The second-order valence-corrected chi connectivity index (χ2v) is 7.94. The number of likely N-dealkylation sites (N-methyl/N-ethyl adjacent to an activating group) is 1. The summed E-state index contributed by atoms with van der Waals surface area (Å²) in [6, 6.07) is 1.93. The zero-order chi connectivity index (χ0) is 16.7. The molecule has 4 aliphatic rings. The molecule has 1 aliphatic carbocycles. The van der Waals surface area contributed by atoms with E-state index in [9.17, 15) is 0 Å². The molecule has 3 atom stereocenters. The van der Waals surface area contributed by atoms with Crippen LogP contribution < -0.4 is 0 Å². The molecule has 1 unspecified atom stereocenters. The highest BCUT2D eigenvalue weighted by atomic mass is 15.4. The van der Waals surface area contributed by atoms with E-state index in [-0.39, 0.29) is 0 Å². The van der Waals surface area contributed by atoms with Gasteiger partial charge in [-0.2, -0.15) is 0 Å². The fraction of sp³-hybridized carbons (Fsp3) is 0.714. The van der Waals surface area contributed by atoms with Crippen molar-refractivity contribution in [1.82, 2.24) is 14.7 Å². The third kappa shape index (κ3) is 2.57. The van der Waals surface area contributed by atoms with Crippen molar-refractivity contribution in [3.05, 3.63) is 35.2 Å². The number of rotatable bonds is 4. The van der Waals surface area contributed by atoms with Gasteiger partial charge in [0.25, 0.3) is 0 Å². The maximum atomic E-state index is 2.79.